The fourth-order valence-electron chi connectivity index (χ4n) is 5.38. The molecule has 0 aromatic rings. The Morgan fingerprint density at radius 2 is 0.742 bits per heavy atom. The van der Waals surface area contributed by atoms with Gasteiger partial charge >= 0.3 is 0 Å². The topological polar surface area (TPSA) is 0 Å². The van der Waals surface area contributed by atoms with Crippen LogP contribution in [0.5, 0.6) is 0 Å². The maximum atomic E-state index is 2.39. The van der Waals surface area contributed by atoms with E-state index >= 15 is 0 Å². The molecule has 0 spiro atoms. The van der Waals surface area contributed by atoms with E-state index in [0.29, 0.717) is 0 Å². The molecule has 4 fully saturated rings. The van der Waals surface area contributed by atoms with E-state index in [1.807, 2.05) is 0 Å². The molecule has 0 nitrogen and oxygen atoms in total. The summed E-state index contributed by atoms with van der Waals surface area (Å²) in [5.41, 5.74) is 7.22. The maximum Gasteiger partial charge on any atom is 0.00805 e. The van der Waals surface area contributed by atoms with Crippen molar-refractivity contribution in [2.45, 2.75) is 90.9 Å². The van der Waals surface area contributed by atoms with E-state index < -0.39 is 0 Å². The summed E-state index contributed by atoms with van der Waals surface area (Å²) < 4.78 is 0. The zero-order valence-electron chi connectivity index (χ0n) is 20.9. The van der Waals surface area contributed by atoms with Crippen molar-refractivity contribution in [1.29, 1.82) is 0 Å². The Hall–Kier alpha value is 1.38. The summed E-state index contributed by atoms with van der Waals surface area (Å²) in [5.74, 6) is 3.45. The van der Waals surface area contributed by atoms with Crippen molar-refractivity contribution >= 4 is 15.8 Å². The van der Waals surface area contributed by atoms with Crippen molar-refractivity contribution in [3.63, 3.8) is 0 Å². The molecule has 2 aliphatic carbocycles. The Labute approximate surface area is 209 Å². The van der Waals surface area contributed by atoms with Gasteiger partial charge in [0.2, 0.25) is 0 Å². The van der Waals surface area contributed by atoms with Crippen LogP contribution in [0.25, 0.3) is 0 Å². The maximum absolute atomic E-state index is 2.39. The van der Waals surface area contributed by atoms with Crippen molar-refractivity contribution in [3.05, 3.63) is 62.7 Å². The molecule has 2 heterocycles. The molecule has 4 aliphatic rings. The second-order valence-electron chi connectivity index (χ2n) is 10.8. The Bertz CT molecular complexity index is 426. The molecule has 4 atom stereocenters. The molecule has 4 rings (SSSR count). The Balaban J connectivity index is 0.000000213. The predicted octanol–water partition coefficient (Wildman–Crippen LogP) is 8.57. The van der Waals surface area contributed by atoms with Crippen molar-refractivity contribution in [1.82, 2.24) is 0 Å². The molecule has 174 valence electrons. The fourth-order valence-corrected chi connectivity index (χ4v) is 12.5. The van der Waals surface area contributed by atoms with Crippen LogP contribution in [-0.4, -0.2) is 22.6 Å². The standard InChI is InChI=1S/2C14H22P.Fe/c2*1-10(2)13-9-14(11(3)4)15(13)12-7-5-6-8-12;/h2*5-8,10-11,13-14H,9H2,1-4H3;/t2*13-,14-;/m11./s1. The molecule has 2 aliphatic heterocycles. The van der Waals surface area contributed by atoms with Crippen molar-refractivity contribution < 1.29 is 17.1 Å². The number of hydrogen-bond acceptors (Lipinski definition) is 0. The molecule has 0 aromatic heterocycles. The molecular weight excluding hydrogens is 454 g/mol. The summed E-state index contributed by atoms with van der Waals surface area (Å²) in [7, 11) is 0.277. The first-order valence-corrected chi connectivity index (χ1v) is 15.2. The van der Waals surface area contributed by atoms with Gasteiger partial charge in [0.15, 0.2) is 0 Å². The summed E-state index contributed by atoms with van der Waals surface area (Å²) in [5, 5.41) is 0. The van der Waals surface area contributed by atoms with E-state index in [9.17, 15) is 0 Å². The van der Waals surface area contributed by atoms with Gasteiger partial charge in [-0.3, -0.25) is 0 Å². The predicted molar refractivity (Wildman–Crippen MR) is 138 cm³/mol. The molecule has 0 aromatic carbocycles. The molecule has 10 radical (unpaired) electrons. The molecule has 2 saturated heterocycles. The van der Waals surface area contributed by atoms with Gasteiger partial charge in [0.05, 0.1) is 0 Å². The number of rotatable bonds is 6. The Morgan fingerprint density at radius 1 is 0.516 bits per heavy atom. The van der Waals surface area contributed by atoms with Crippen LogP contribution in [-0.2, 0) is 17.1 Å². The molecule has 2 saturated carbocycles. The van der Waals surface area contributed by atoms with Gasteiger partial charge in [0.25, 0.3) is 0 Å². The van der Waals surface area contributed by atoms with Crippen LogP contribution in [0.3, 0.4) is 0 Å². The first-order chi connectivity index (χ1) is 14.2. The Morgan fingerprint density at radius 3 is 0.935 bits per heavy atom. The first-order valence-electron chi connectivity index (χ1n) is 12.2. The molecular formula is C28H44FeP2. The van der Waals surface area contributed by atoms with Crippen LogP contribution in [0.1, 0.15) is 68.2 Å². The van der Waals surface area contributed by atoms with Crippen molar-refractivity contribution in [2.24, 2.45) is 23.7 Å². The van der Waals surface area contributed by atoms with Crippen LogP contribution in [0.4, 0.5) is 0 Å². The van der Waals surface area contributed by atoms with Crippen LogP contribution in [0, 0.1) is 86.4 Å². The van der Waals surface area contributed by atoms with Gasteiger partial charge in [-0.05, 0) is 111 Å². The largest absolute Gasteiger partial charge is 0.0918 e. The summed E-state index contributed by atoms with van der Waals surface area (Å²) in [6.07, 6.45) is 21.1. The van der Waals surface area contributed by atoms with Gasteiger partial charge in [0.1, 0.15) is 0 Å². The molecule has 0 N–H and O–H groups in total. The van der Waals surface area contributed by atoms with Crippen LogP contribution < -0.4 is 0 Å². The van der Waals surface area contributed by atoms with E-state index in [-0.39, 0.29) is 32.9 Å². The average Bonchev–Trinajstić information content (AvgIpc) is 3.26. The third kappa shape index (κ3) is 6.74. The quantitative estimate of drug-likeness (QED) is 0.254. The summed E-state index contributed by atoms with van der Waals surface area (Å²) in [4.78, 5) is 0. The van der Waals surface area contributed by atoms with Crippen LogP contribution in [0.15, 0.2) is 0 Å². The van der Waals surface area contributed by atoms with E-state index in [2.05, 4.69) is 107 Å². The van der Waals surface area contributed by atoms with Gasteiger partial charge in [-0.15, -0.1) is 0 Å². The monoisotopic (exact) mass is 498 g/mol. The van der Waals surface area contributed by atoms with Gasteiger partial charge in [0, 0.05) is 28.4 Å². The molecule has 0 amide bonds. The first kappa shape index (κ1) is 28.6. The van der Waals surface area contributed by atoms with E-state index in [0.717, 1.165) is 46.3 Å². The van der Waals surface area contributed by atoms with Gasteiger partial charge in [-0.1, -0.05) is 71.2 Å². The van der Waals surface area contributed by atoms with Crippen LogP contribution in [0.2, 0.25) is 0 Å². The third-order valence-electron chi connectivity index (χ3n) is 7.36. The third-order valence-corrected chi connectivity index (χ3v) is 15.2. The minimum atomic E-state index is 0. The van der Waals surface area contributed by atoms with E-state index in [1.165, 1.54) is 12.8 Å². The van der Waals surface area contributed by atoms with Crippen molar-refractivity contribution in [2.75, 3.05) is 0 Å². The van der Waals surface area contributed by atoms with Gasteiger partial charge in [-0.2, -0.15) is 0 Å². The van der Waals surface area contributed by atoms with Crippen molar-refractivity contribution in [3.8, 4) is 0 Å². The van der Waals surface area contributed by atoms with Gasteiger partial charge < -0.3 is 0 Å². The Kier molecular flexibility index (Phi) is 11.9. The number of hydrogen-bond donors (Lipinski definition) is 0. The zero-order valence-corrected chi connectivity index (χ0v) is 23.8. The zero-order chi connectivity index (χ0) is 22.0. The SMILES string of the molecule is CC(C)[C@H]1C[C@H](C(C)C)P1[C]1[CH][CH][CH][CH]1.CC(C)[C@H]1C[C@H](C(C)C)P1[C]1[CH][CH][CH][CH]1.[Fe]. The molecule has 0 bridgehead atoms. The normalized spacial score (nSPS) is 32.9. The minimum absolute atomic E-state index is 0. The summed E-state index contributed by atoms with van der Waals surface area (Å²) in [6, 6.07) is 0. The van der Waals surface area contributed by atoms with Gasteiger partial charge in [-0.25, -0.2) is 0 Å². The second-order valence-corrected chi connectivity index (χ2v) is 16.1. The molecule has 3 heteroatoms. The molecule has 0 unspecified atom stereocenters. The fraction of sp³-hybridized carbons (Fsp3) is 0.643. The molecule has 31 heavy (non-hydrogen) atoms. The van der Waals surface area contributed by atoms with Crippen LogP contribution >= 0.6 is 15.8 Å². The van der Waals surface area contributed by atoms with E-state index in [4.69, 9.17) is 0 Å². The summed E-state index contributed by atoms with van der Waals surface area (Å²) >= 11 is 0. The average molecular weight is 498 g/mol. The van der Waals surface area contributed by atoms with E-state index in [1.54, 1.807) is 11.3 Å². The minimum Gasteiger partial charge on any atom is -0.0918 e. The summed E-state index contributed by atoms with van der Waals surface area (Å²) in [6.45, 7) is 19.1. The second kappa shape index (κ2) is 12.9. The smallest absolute Gasteiger partial charge is 0.00805 e.